The van der Waals surface area contributed by atoms with Crippen LogP contribution >= 0.6 is 0 Å². The van der Waals surface area contributed by atoms with Gasteiger partial charge in [0.1, 0.15) is 13.2 Å². The van der Waals surface area contributed by atoms with E-state index in [1.54, 1.807) is 25.3 Å². The molecule has 27 heavy (non-hydrogen) atoms. The van der Waals surface area contributed by atoms with Crippen LogP contribution in [0, 0.1) is 6.92 Å². The highest BCUT2D eigenvalue weighted by atomic mass is 16.6. The predicted molar refractivity (Wildman–Crippen MR) is 100 cm³/mol. The van der Waals surface area contributed by atoms with Gasteiger partial charge in [-0.25, -0.2) is 0 Å². The fourth-order valence-corrected chi connectivity index (χ4v) is 2.84. The zero-order valence-corrected chi connectivity index (χ0v) is 15.3. The molecule has 2 amide bonds. The summed E-state index contributed by atoms with van der Waals surface area (Å²) in [7, 11) is 1.57. The third kappa shape index (κ3) is 4.57. The lowest BCUT2D eigenvalue weighted by atomic mass is 10.0. The van der Waals surface area contributed by atoms with Gasteiger partial charge in [-0.1, -0.05) is 24.3 Å². The van der Waals surface area contributed by atoms with E-state index in [0.29, 0.717) is 30.4 Å². The molecule has 7 nitrogen and oxygen atoms in total. The summed E-state index contributed by atoms with van der Waals surface area (Å²) in [5.74, 6) is -0.338. The lowest BCUT2D eigenvalue weighted by molar-refractivity contribution is -0.136. The molecule has 1 atom stereocenters. The Kier molecular flexibility index (Phi) is 5.93. The highest BCUT2D eigenvalue weighted by molar-refractivity contribution is 6.39. The Morgan fingerprint density at radius 3 is 2.56 bits per heavy atom. The quantitative estimate of drug-likeness (QED) is 0.788. The van der Waals surface area contributed by atoms with E-state index in [-0.39, 0.29) is 12.6 Å². The minimum atomic E-state index is -0.758. The van der Waals surface area contributed by atoms with Gasteiger partial charge in [-0.2, -0.15) is 0 Å². The van der Waals surface area contributed by atoms with Gasteiger partial charge in [0, 0.05) is 25.4 Å². The first-order valence-corrected chi connectivity index (χ1v) is 8.65. The molecule has 0 aliphatic carbocycles. The minimum Gasteiger partial charge on any atom is -0.486 e. The van der Waals surface area contributed by atoms with Crippen LogP contribution in [0.1, 0.15) is 17.2 Å². The van der Waals surface area contributed by atoms with Crippen molar-refractivity contribution in [2.75, 3.05) is 32.2 Å². The first kappa shape index (κ1) is 18.7. The molecule has 0 radical (unpaired) electrons. The van der Waals surface area contributed by atoms with E-state index in [9.17, 15) is 9.59 Å². The van der Waals surface area contributed by atoms with Gasteiger partial charge in [-0.05, 0) is 30.2 Å². The average molecular weight is 370 g/mol. The lowest BCUT2D eigenvalue weighted by Crippen LogP contribution is -2.38. The second-order valence-corrected chi connectivity index (χ2v) is 6.10. The molecule has 0 bridgehead atoms. The number of rotatable bonds is 5. The van der Waals surface area contributed by atoms with Crippen molar-refractivity contribution in [3.63, 3.8) is 0 Å². The highest BCUT2D eigenvalue weighted by Crippen LogP contribution is 2.32. The van der Waals surface area contributed by atoms with Crippen LogP contribution in [0.15, 0.2) is 42.5 Å². The van der Waals surface area contributed by atoms with Crippen LogP contribution in [0.4, 0.5) is 5.69 Å². The van der Waals surface area contributed by atoms with E-state index in [1.807, 2.05) is 31.2 Å². The van der Waals surface area contributed by atoms with Crippen molar-refractivity contribution >= 4 is 17.5 Å². The summed E-state index contributed by atoms with van der Waals surface area (Å²) in [6, 6.07) is 12.7. The van der Waals surface area contributed by atoms with Crippen LogP contribution < -0.4 is 20.1 Å². The number of nitrogens with one attached hydrogen (secondary N) is 2. The summed E-state index contributed by atoms with van der Waals surface area (Å²) < 4.78 is 16.3. The molecule has 3 rings (SSSR count). The molecule has 1 aliphatic heterocycles. The number of anilines is 1. The van der Waals surface area contributed by atoms with Crippen LogP contribution in [-0.4, -0.2) is 38.7 Å². The van der Waals surface area contributed by atoms with Crippen molar-refractivity contribution in [1.29, 1.82) is 0 Å². The van der Waals surface area contributed by atoms with E-state index < -0.39 is 11.8 Å². The Bertz CT molecular complexity index is 837. The maximum absolute atomic E-state index is 12.1. The number of aryl methyl sites for hydroxylation is 1. The van der Waals surface area contributed by atoms with E-state index in [2.05, 4.69) is 10.6 Å². The number of amides is 2. The molecule has 1 aliphatic rings. The highest BCUT2D eigenvalue weighted by Gasteiger charge is 2.19. The molecule has 0 saturated carbocycles. The van der Waals surface area contributed by atoms with Gasteiger partial charge in [0.25, 0.3) is 0 Å². The Hall–Kier alpha value is -3.06. The Balaban J connectivity index is 1.57. The Morgan fingerprint density at radius 2 is 1.81 bits per heavy atom. The largest absolute Gasteiger partial charge is 0.486 e. The third-order valence-electron chi connectivity index (χ3n) is 4.27. The van der Waals surface area contributed by atoms with Crippen LogP contribution in [0.25, 0.3) is 0 Å². The van der Waals surface area contributed by atoms with Crippen molar-refractivity contribution in [2.24, 2.45) is 0 Å². The maximum atomic E-state index is 12.1. The Morgan fingerprint density at radius 1 is 1.07 bits per heavy atom. The van der Waals surface area contributed by atoms with Crippen molar-refractivity contribution in [2.45, 2.75) is 13.0 Å². The van der Waals surface area contributed by atoms with Crippen molar-refractivity contribution in [3.05, 3.63) is 53.6 Å². The van der Waals surface area contributed by atoms with E-state index >= 15 is 0 Å². The monoisotopic (exact) mass is 370 g/mol. The Labute approximate surface area is 157 Å². The molecule has 7 heteroatoms. The summed E-state index contributed by atoms with van der Waals surface area (Å²) in [6.45, 7) is 3.09. The second kappa shape index (κ2) is 8.55. The number of methoxy groups -OCH3 is 1. The first-order chi connectivity index (χ1) is 13.1. The van der Waals surface area contributed by atoms with Crippen molar-refractivity contribution < 1.29 is 23.8 Å². The average Bonchev–Trinajstić information content (AvgIpc) is 2.69. The predicted octanol–water partition coefficient (Wildman–Crippen LogP) is 2.21. The van der Waals surface area contributed by atoms with E-state index in [4.69, 9.17) is 14.2 Å². The van der Waals surface area contributed by atoms with E-state index in [0.717, 1.165) is 11.1 Å². The zero-order valence-electron chi connectivity index (χ0n) is 15.3. The smallest absolute Gasteiger partial charge is 0.313 e. The summed E-state index contributed by atoms with van der Waals surface area (Å²) >= 11 is 0. The summed E-state index contributed by atoms with van der Waals surface area (Å²) in [5, 5.41) is 5.17. The topological polar surface area (TPSA) is 85.9 Å². The van der Waals surface area contributed by atoms with Gasteiger partial charge in [0.15, 0.2) is 11.5 Å². The third-order valence-corrected chi connectivity index (χ3v) is 4.27. The summed E-state index contributed by atoms with van der Waals surface area (Å²) in [6.07, 6.45) is -0.336. The molecule has 0 unspecified atom stereocenters. The molecule has 2 N–H and O–H groups in total. The van der Waals surface area contributed by atoms with Gasteiger partial charge in [-0.15, -0.1) is 0 Å². The second-order valence-electron chi connectivity index (χ2n) is 6.10. The van der Waals surface area contributed by atoms with Gasteiger partial charge in [0.2, 0.25) is 0 Å². The number of ether oxygens (including phenoxy) is 3. The number of carbonyl (C=O) groups excluding carboxylic acids is 2. The summed E-state index contributed by atoms with van der Waals surface area (Å²) in [5.41, 5.74) is 2.48. The first-order valence-electron chi connectivity index (χ1n) is 8.65. The maximum Gasteiger partial charge on any atom is 0.313 e. The normalized spacial score (nSPS) is 13.6. The molecular weight excluding hydrogens is 348 g/mol. The number of fused-ring (bicyclic) bond motifs is 1. The van der Waals surface area contributed by atoms with Gasteiger partial charge in [0.05, 0.1) is 6.10 Å². The van der Waals surface area contributed by atoms with Crippen LogP contribution in [0.2, 0.25) is 0 Å². The number of hydrogen-bond acceptors (Lipinski definition) is 5. The van der Waals surface area contributed by atoms with Gasteiger partial charge >= 0.3 is 11.8 Å². The van der Waals surface area contributed by atoms with Crippen LogP contribution in [0.3, 0.4) is 0 Å². The molecular formula is C20H22N2O5. The standard InChI is InChI=1S/C20H22N2O5/c1-13-5-3-4-6-15(13)18(25-2)12-21-19(23)20(24)22-14-7-8-16-17(11-14)27-10-9-26-16/h3-8,11,18H,9-10,12H2,1-2H3,(H,21,23)(H,22,24)/t18-/m0/s1. The van der Waals surface area contributed by atoms with Crippen LogP contribution in [0.5, 0.6) is 11.5 Å². The molecule has 1 heterocycles. The molecule has 2 aromatic carbocycles. The molecule has 0 fully saturated rings. The molecule has 2 aromatic rings. The number of benzene rings is 2. The molecule has 0 spiro atoms. The fraction of sp³-hybridized carbons (Fsp3) is 0.300. The molecule has 0 saturated heterocycles. The fourth-order valence-electron chi connectivity index (χ4n) is 2.84. The molecule has 0 aromatic heterocycles. The SMILES string of the molecule is CO[C@@H](CNC(=O)C(=O)Nc1ccc2c(c1)OCCO2)c1ccccc1C. The summed E-state index contributed by atoms with van der Waals surface area (Å²) in [4.78, 5) is 24.3. The number of carbonyl (C=O) groups is 2. The molecule has 142 valence electrons. The van der Waals surface area contributed by atoms with Crippen molar-refractivity contribution in [3.8, 4) is 11.5 Å². The minimum absolute atomic E-state index is 0.189. The number of hydrogen-bond donors (Lipinski definition) is 2. The van der Waals surface area contributed by atoms with Gasteiger partial charge < -0.3 is 24.8 Å². The van der Waals surface area contributed by atoms with Crippen molar-refractivity contribution in [1.82, 2.24) is 5.32 Å². The van der Waals surface area contributed by atoms with E-state index in [1.165, 1.54) is 0 Å². The van der Waals surface area contributed by atoms with Gasteiger partial charge in [-0.3, -0.25) is 9.59 Å². The lowest BCUT2D eigenvalue weighted by Gasteiger charge is -2.19. The zero-order chi connectivity index (χ0) is 19.2. The van der Waals surface area contributed by atoms with Crippen LogP contribution in [-0.2, 0) is 14.3 Å².